The van der Waals surface area contributed by atoms with Gasteiger partial charge in [-0.3, -0.25) is 0 Å². The van der Waals surface area contributed by atoms with Gasteiger partial charge in [0.05, 0.1) is 7.11 Å². The number of rotatable bonds is 1. The van der Waals surface area contributed by atoms with Crippen LogP contribution < -0.4 is 10.5 Å². The molecule has 0 radical (unpaired) electrons. The van der Waals surface area contributed by atoms with Crippen molar-refractivity contribution in [3.05, 3.63) is 34.8 Å². The van der Waals surface area contributed by atoms with E-state index in [4.69, 9.17) is 10.5 Å². The van der Waals surface area contributed by atoms with Crippen molar-refractivity contribution in [1.82, 2.24) is 0 Å². The molecule has 2 N–H and O–H groups in total. The molecule has 0 fully saturated rings. The largest absolute Gasteiger partial charge is 0.496 e. The summed E-state index contributed by atoms with van der Waals surface area (Å²) in [5.41, 5.74) is 6.64. The normalized spacial score (nSPS) is 10.4. The minimum atomic E-state index is 0.766. The van der Waals surface area contributed by atoms with E-state index in [2.05, 4.69) is 15.9 Å². The van der Waals surface area contributed by atoms with Crippen molar-refractivity contribution >= 4 is 32.4 Å². The van der Waals surface area contributed by atoms with Gasteiger partial charge in [0.2, 0.25) is 0 Å². The first-order valence-electron chi connectivity index (χ1n) is 4.24. The summed E-state index contributed by atoms with van der Waals surface area (Å²) >= 11 is 3.49. The summed E-state index contributed by atoms with van der Waals surface area (Å²) in [5.74, 6) is 0.835. The molecule has 2 rings (SSSR count). The summed E-state index contributed by atoms with van der Waals surface area (Å²) in [6.07, 6.45) is 0. The minimum absolute atomic E-state index is 0.766. The molecule has 2 aromatic rings. The van der Waals surface area contributed by atoms with Crippen LogP contribution in [0.4, 0.5) is 5.69 Å². The van der Waals surface area contributed by atoms with E-state index >= 15 is 0 Å². The second-order valence-corrected chi connectivity index (χ2v) is 3.87. The van der Waals surface area contributed by atoms with Gasteiger partial charge in [-0.05, 0) is 18.2 Å². The van der Waals surface area contributed by atoms with Crippen molar-refractivity contribution in [3.8, 4) is 5.75 Å². The molecule has 0 aliphatic heterocycles. The van der Waals surface area contributed by atoms with Gasteiger partial charge in [-0.15, -0.1) is 0 Å². The Morgan fingerprint density at radius 2 is 2.00 bits per heavy atom. The number of halogens is 1. The molecule has 72 valence electrons. The molecule has 0 amide bonds. The summed E-state index contributed by atoms with van der Waals surface area (Å²) in [5, 5.41) is 2.04. The highest BCUT2D eigenvalue weighted by Crippen LogP contribution is 2.35. The molecular weight excluding hydrogens is 242 g/mol. The van der Waals surface area contributed by atoms with Gasteiger partial charge in [-0.1, -0.05) is 28.1 Å². The van der Waals surface area contributed by atoms with E-state index in [9.17, 15) is 0 Å². The van der Waals surface area contributed by atoms with E-state index < -0.39 is 0 Å². The number of anilines is 1. The summed E-state index contributed by atoms with van der Waals surface area (Å²) in [6.45, 7) is 0. The maximum atomic E-state index is 5.87. The van der Waals surface area contributed by atoms with Gasteiger partial charge in [0.15, 0.2) is 0 Å². The smallest absolute Gasteiger partial charge is 0.127 e. The molecule has 2 aromatic carbocycles. The van der Waals surface area contributed by atoms with Crippen LogP contribution in [0.25, 0.3) is 10.8 Å². The van der Waals surface area contributed by atoms with Crippen LogP contribution in [-0.4, -0.2) is 7.11 Å². The molecule has 0 spiro atoms. The molecule has 0 atom stereocenters. The average molecular weight is 252 g/mol. The first kappa shape index (κ1) is 9.34. The Bertz CT molecular complexity index is 482. The molecule has 0 bridgehead atoms. The summed E-state index contributed by atoms with van der Waals surface area (Å²) in [4.78, 5) is 0. The Balaban J connectivity index is 2.92. The summed E-state index contributed by atoms with van der Waals surface area (Å²) < 4.78 is 6.28. The van der Waals surface area contributed by atoms with E-state index in [0.29, 0.717) is 0 Å². The molecule has 0 saturated carbocycles. The van der Waals surface area contributed by atoms with Crippen LogP contribution >= 0.6 is 15.9 Å². The second-order valence-electron chi connectivity index (χ2n) is 3.02. The lowest BCUT2D eigenvalue weighted by Gasteiger charge is -2.08. The molecular formula is C11H10BrNO. The van der Waals surface area contributed by atoms with Gasteiger partial charge in [0.25, 0.3) is 0 Å². The lowest BCUT2D eigenvalue weighted by molar-refractivity contribution is 0.419. The van der Waals surface area contributed by atoms with Crippen LogP contribution in [0.2, 0.25) is 0 Å². The lowest BCUT2D eigenvalue weighted by atomic mass is 10.1. The number of nitrogens with two attached hydrogens (primary N) is 1. The van der Waals surface area contributed by atoms with E-state index in [1.807, 2.05) is 30.3 Å². The highest BCUT2D eigenvalue weighted by Gasteiger charge is 2.06. The van der Waals surface area contributed by atoms with Crippen LogP contribution in [0.15, 0.2) is 34.8 Å². The number of methoxy groups -OCH3 is 1. The second kappa shape index (κ2) is 3.50. The van der Waals surface area contributed by atoms with Crippen molar-refractivity contribution in [2.45, 2.75) is 0 Å². The molecule has 0 unspecified atom stereocenters. The zero-order valence-electron chi connectivity index (χ0n) is 7.75. The van der Waals surface area contributed by atoms with Crippen LogP contribution in [0.1, 0.15) is 0 Å². The van der Waals surface area contributed by atoms with E-state index in [1.54, 1.807) is 7.11 Å². The van der Waals surface area contributed by atoms with Crippen LogP contribution in [0, 0.1) is 0 Å². The zero-order chi connectivity index (χ0) is 10.1. The molecule has 2 nitrogen and oxygen atoms in total. The fourth-order valence-corrected chi connectivity index (χ4v) is 2.09. The third-order valence-corrected chi connectivity index (χ3v) is 2.87. The van der Waals surface area contributed by atoms with Gasteiger partial charge < -0.3 is 10.5 Å². The topological polar surface area (TPSA) is 35.2 Å². The van der Waals surface area contributed by atoms with Gasteiger partial charge in [-0.25, -0.2) is 0 Å². The Kier molecular flexibility index (Phi) is 2.33. The summed E-state index contributed by atoms with van der Waals surface area (Å²) in [7, 11) is 1.66. The van der Waals surface area contributed by atoms with Crippen molar-refractivity contribution < 1.29 is 4.74 Å². The molecule has 0 aromatic heterocycles. The summed E-state index contributed by atoms with van der Waals surface area (Å²) in [6, 6.07) is 9.65. The van der Waals surface area contributed by atoms with Crippen LogP contribution in [-0.2, 0) is 0 Å². The number of hydrogen-bond acceptors (Lipinski definition) is 2. The predicted molar refractivity (Wildman–Crippen MR) is 62.6 cm³/mol. The fraction of sp³-hybridized carbons (Fsp3) is 0.0909. The number of ether oxygens (including phenoxy) is 1. The first-order chi connectivity index (χ1) is 6.74. The lowest BCUT2D eigenvalue weighted by Crippen LogP contribution is -1.90. The molecule has 14 heavy (non-hydrogen) atoms. The third kappa shape index (κ3) is 1.34. The highest BCUT2D eigenvalue weighted by atomic mass is 79.9. The van der Waals surface area contributed by atoms with E-state index in [-0.39, 0.29) is 0 Å². The zero-order valence-corrected chi connectivity index (χ0v) is 9.34. The van der Waals surface area contributed by atoms with Gasteiger partial charge in [-0.2, -0.15) is 0 Å². The van der Waals surface area contributed by atoms with Crippen molar-refractivity contribution in [2.75, 3.05) is 12.8 Å². The third-order valence-electron chi connectivity index (χ3n) is 2.21. The predicted octanol–water partition coefficient (Wildman–Crippen LogP) is 3.19. The first-order valence-corrected chi connectivity index (χ1v) is 5.04. The van der Waals surface area contributed by atoms with E-state index in [0.717, 1.165) is 26.7 Å². The Morgan fingerprint density at radius 3 is 2.71 bits per heavy atom. The maximum absolute atomic E-state index is 5.87. The van der Waals surface area contributed by atoms with Crippen molar-refractivity contribution in [3.63, 3.8) is 0 Å². The Labute approximate surface area is 90.8 Å². The maximum Gasteiger partial charge on any atom is 0.127 e. The molecule has 3 heteroatoms. The van der Waals surface area contributed by atoms with Gasteiger partial charge in [0, 0.05) is 20.9 Å². The van der Waals surface area contributed by atoms with Crippen LogP contribution in [0.5, 0.6) is 5.75 Å². The van der Waals surface area contributed by atoms with Crippen molar-refractivity contribution in [2.24, 2.45) is 0 Å². The number of nitrogen functional groups attached to an aromatic ring is 1. The quantitative estimate of drug-likeness (QED) is 0.791. The number of fused-ring (bicyclic) bond motifs is 1. The van der Waals surface area contributed by atoms with Crippen molar-refractivity contribution in [1.29, 1.82) is 0 Å². The highest BCUT2D eigenvalue weighted by molar-refractivity contribution is 9.10. The Morgan fingerprint density at radius 1 is 1.21 bits per heavy atom. The standard InChI is InChI=1S/C11H10BrNO/c1-14-10-6-5-9(13)7-3-2-4-8(12)11(7)10/h2-6H,13H2,1H3. The number of hydrogen-bond donors (Lipinski definition) is 1. The molecule has 0 heterocycles. The average Bonchev–Trinajstić information content (AvgIpc) is 2.20. The van der Waals surface area contributed by atoms with Gasteiger partial charge in [0.1, 0.15) is 5.75 Å². The van der Waals surface area contributed by atoms with E-state index in [1.165, 1.54) is 0 Å². The minimum Gasteiger partial charge on any atom is -0.496 e. The van der Waals surface area contributed by atoms with Gasteiger partial charge >= 0.3 is 0 Å². The molecule has 0 saturated heterocycles. The molecule has 0 aliphatic rings. The SMILES string of the molecule is COc1ccc(N)c2cccc(Br)c12. The monoisotopic (exact) mass is 251 g/mol. The number of benzene rings is 2. The Hall–Kier alpha value is -1.22. The fourth-order valence-electron chi connectivity index (χ4n) is 1.52. The van der Waals surface area contributed by atoms with Crippen LogP contribution in [0.3, 0.4) is 0 Å². The molecule has 0 aliphatic carbocycles.